The van der Waals surface area contributed by atoms with E-state index in [1.165, 1.54) is 36.8 Å². The molecule has 0 bridgehead atoms. The molecule has 0 spiro atoms. The molecule has 0 aliphatic carbocycles. The van der Waals surface area contributed by atoms with Gasteiger partial charge in [0.15, 0.2) is 0 Å². The van der Waals surface area contributed by atoms with Gasteiger partial charge in [0, 0.05) is 6.54 Å². The van der Waals surface area contributed by atoms with Crippen LogP contribution in [0.1, 0.15) is 30.4 Å². The fourth-order valence-corrected chi connectivity index (χ4v) is 1.70. The first-order chi connectivity index (χ1) is 7.33. The molecule has 0 amide bonds. The van der Waals surface area contributed by atoms with Crippen LogP contribution in [0.2, 0.25) is 0 Å². The highest BCUT2D eigenvalue weighted by atomic mass is 14.8. The van der Waals surface area contributed by atoms with Crippen molar-refractivity contribution in [2.45, 2.75) is 32.6 Å². The predicted octanol–water partition coefficient (Wildman–Crippen LogP) is 3.44. The maximum Gasteiger partial charge on any atom is 0.0141 e. The highest BCUT2D eigenvalue weighted by molar-refractivity contribution is 5.22. The van der Waals surface area contributed by atoms with Crippen molar-refractivity contribution < 1.29 is 0 Å². The summed E-state index contributed by atoms with van der Waals surface area (Å²) in [5, 5.41) is 3.12. The third-order valence-electron chi connectivity index (χ3n) is 2.51. The Morgan fingerprint density at radius 1 is 1.27 bits per heavy atom. The minimum absolute atomic E-state index is 1.05. The summed E-state index contributed by atoms with van der Waals surface area (Å²) in [6.45, 7) is 6.83. The molecular formula is C14H21N. The fourth-order valence-electron chi connectivity index (χ4n) is 1.70. The third-order valence-corrected chi connectivity index (χ3v) is 2.51. The maximum absolute atomic E-state index is 3.62. The Hall–Kier alpha value is -1.24. The zero-order valence-electron chi connectivity index (χ0n) is 9.63. The average molecular weight is 203 g/mol. The normalized spacial score (nSPS) is 9.93. The largest absolute Gasteiger partial charge is 0.391 e. The van der Waals surface area contributed by atoms with Crippen LogP contribution in [-0.2, 0) is 6.42 Å². The summed E-state index contributed by atoms with van der Waals surface area (Å²) < 4.78 is 0. The van der Waals surface area contributed by atoms with Crippen LogP contribution in [0.4, 0.5) is 0 Å². The smallest absolute Gasteiger partial charge is 0.0141 e. The minimum Gasteiger partial charge on any atom is -0.391 e. The monoisotopic (exact) mass is 203 g/mol. The van der Waals surface area contributed by atoms with Gasteiger partial charge < -0.3 is 5.32 Å². The Labute approximate surface area is 93.2 Å². The van der Waals surface area contributed by atoms with E-state index in [1.807, 2.05) is 0 Å². The average Bonchev–Trinajstić information content (AvgIpc) is 2.23. The lowest BCUT2D eigenvalue weighted by Gasteiger charge is -2.03. The van der Waals surface area contributed by atoms with Gasteiger partial charge in [-0.3, -0.25) is 0 Å². The van der Waals surface area contributed by atoms with E-state index in [0.717, 1.165) is 6.54 Å². The van der Waals surface area contributed by atoms with E-state index in [-0.39, 0.29) is 0 Å². The molecule has 1 heteroatoms. The van der Waals surface area contributed by atoms with Crippen LogP contribution in [-0.4, -0.2) is 6.54 Å². The van der Waals surface area contributed by atoms with Gasteiger partial charge in [0.25, 0.3) is 0 Å². The standard InChI is InChI=1S/C14H21N/c1-3-15-11-6-4-5-9-14-10-7-8-13(2)12-14/h3,7-8,10,12,15H,1,4-6,9,11H2,2H3. The Balaban J connectivity index is 2.12. The Morgan fingerprint density at radius 3 is 2.87 bits per heavy atom. The van der Waals surface area contributed by atoms with E-state index in [0.29, 0.717) is 0 Å². The van der Waals surface area contributed by atoms with Crippen LogP contribution in [0.3, 0.4) is 0 Å². The van der Waals surface area contributed by atoms with E-state index in [4.69, 9.17) is 0 Å². The van der Waals surface area contributed by atoms with Crippen LogP contribution >= 0.6 is 0 Å². The molecule has 0 aliphatic rings. The number of hydrogen-bond acceptors (Lipinski definition) is 1. The number of hydrogen-bond donors (Lipinski definition) is 1. The molecule has 0 unspecified atom stereocenters. The first kappa shape index (κ1) is 11.8. The van der Waals surface area contributed by atoms with Crippen LogP contribution in [0.5, 0.6) is 0 Å². The maximum atomic E-state index is 3.62. The van der Waals surface area contributed by atoms with Crippen molar-refractivity contribution in [2.75, 3.05) is 6.54 Å². The summed E-state index contributed by atoms with van der Waals surface area (Å²) in [6, 6.07) is 8.79. The fraction of sp³-hybridized carbons (Fsp3) is 0.429. The second-order valence-corrected chi connectivity index (χ2v) is 3.96. The van der Waals surface area contributed by atoms with Gasteiger partial charge in [-0.2, -0.15) is 0 Å². The molecule has 1 aromatic rings. The molecule has 1 N–H and O–H groups in total. The summed E-state index contributed by atoms with van der Waals surface area (Å²) >= 11 is 0. The molecule has 0 aliphatic heterocycles. The molecule has 0 radical (unpaired) electrons. The van der Waals surface area contributed by atoms with Gasteiger partial charge in [0.05, 0.1) is 0 Å². The summed E-state index contributed by atoms with van der Waals surface area (Å²) in [5.41, 5.74) is 2.83. The van der Waals surface area contributed by atoms with Crippen molar-refractivity contribution in [2.24, 2.45) is 0 Å². The molecule has 0 heterocycles. The van der Waals surface area contributed by atoms with Gasteiger partial charge in [-0.1, -0.05) is 42.8 Å². The van der Waals surface area contributed by atoms with E-state index in [2.05, 4.69) is 43.1 Å². The third kappa shape index (κ3) is 5.26. The number of benzene rings is 1. The van der Waals surface area contributed by atoms with Crippen LogP contribution in [0, 0.1) is 6.92 Å². The number of rotatable bonds is 7. The lowest BCUT2D eigenvalue weighted by atomic mass is 10.1. The zero-order valence-corrected chi connectivity index (χ0v) is 9.63. The van der Waals surface area contributed by atoms with E-state index in [9.17, 15) is 0 Å². The molecule has 0 saturated carbocycles. The SMILES string of the molecule is C=CNCCCCCc1cccc(C)c1. The number of unbranched alkanes of at least 4 members (excludes halogenated alkanes) is 2. The molecule has 15 heavy (non-hydrogen) atoms. The van der Waals surface area contributed by atoms with Gasteiger partial charge in [-0.15, -0.1) is 0 Å². The highest BCUT2D eigenvalue weighted by Crippen LogP contribution is 2.08. The zero-order chi connectivity index (χ0) is 10.9. The number of aryl methyl sites for hydroxylation is 2. The first-order valence-electron chi connectivity index (χ1n) is 5.73. The van der Waals surface area contributed by atoms with Gasteiger partial charge >= 0.3 is 0 Å². The molecule has 0 aromatic heterocycles. The molecule has 1 aromatic carbocycles. The van der Waals surface area contributed by atoms with Crippen molar-refractivity contribution >= 4 is 0 Å². The second-order valence-electron chi connectivity index (χ2n) is 3.96. The van der Waals surface area contributed by atoms with Crippen LogP contribution in [0.15, 0.2) is 37.0 Å². The Kier molecular flexibility index (Phi) is 5.60. The lowest BCUT2D eigenvalue weighted by Crippen LogP contribution is -2.05. The van der Waals surface area contributed by atoms with Crippen LogP contribution in [0.25, 0.3) is 0 Å². The van der Waals surface area contributed by atoms with E-state index < -0.39 is 0 Å². The highest BCUT2D eigenvalue weighted by Gasteiger charge is 1.93. The van der Waals surface area contributed by atoms with Gasteiger partial charge in [0.2, 0.25) is 0 Å². The molecule has 1 rings (SSSR count). The lowest BCUT2D eigenvalue weighted by molar-refractivity contribution is 0.655. The quantitative estimate of drug-likeness (QED) is 0.669. The van der Waals surface area contributed by atoms with E-state index >= 15 is 0 Å². The second kappa shape index (κ2) is 7.10. The van der Waals surface area contributed by atoms with Gasteiger partial charge in [-0.25, -0.2) is 0 Å². The van der Waals surface area contributed by atoms with Crippen molar-refractivity contribution in [1.82, 2.24) is 5.32 Å². The molecule has 82 valence electrons. The van der Waals surface area contributed by atoms with Crippen molar-refractivity contribution in [3.05, 3.63) is 48.2 Å². The van der Waals surface area contributed by atoms with Crippen molar-refractivity contribution in [3.63, 3.8) is 0 Å². The van der Waals surface area contributed by atoms with Gasteiger partial charge in [0.1, 0.15) is 0 Å². The molecule has 0 fully saturated rings. The summed E-state index contributed by atoms with van der Waals surface area (Å²) in [4.78, 5) is 0. The predicted molar refractivity (Wildman–Crippen MR) is 66.9 cm³/mol. The summed E-state index contributed by atoms with van der Waals surface area (Å²) in [7, 11) is 0. The topological polar surface area (TPSA) is 12.0 Å². The van der Waals surface area contributed by atoms with Gasteiger partial charge in [-0.05, 0) is 37.9 Å². The molecule has 0 atom stereocenters. The summed E-state index contributed by atoms with van der Waals surface area (Å²) in [5.74, 6) is 0. The minimum atomic E-state index is 1.05. The van der Waals surface area contributed by atoms with Crippen molar-refractivity contribution in [3.8, 4) is 0 Å². The van der Waals surface area contributed by atoms with Crippen molar-refractivity contribution in [1.29, 1.82) is 0 Å². The van der Waals surface area contributed by atoms with Crippen LogP contribution < -0.4 is 5.32 Å². The Bertz CT molecular complexity index is 291. The molecular weight excluding hydrogens is 182 g/mol. The van der Waals surface area contributed by atoms with E-state index in [1.54, 1.807) is 6.20 Å². The molecule has 0 saturated heterocycles. The first-order valence-corrected chi connectivity index (χ1v) is 5.73. The number of nitrogens with one attached hydrogen (secondary N) is 1. The molecule has 1 nitrogen and oxygen atoms in total. The Morgan fingerprint density at radius 2 is 2.13 bits per heavy atom. The summed E-state index contributed by atoms with van der Waals surface area (Å²) in [6.07, 6.45) is 6.77.